The molecule has 0 saturated heterocycles. The van der Waals surface area contributed by atoms with E-state index in [9.17, 15) is 0 Å². The topological polar surface area (TPSA) is 75.3 Å². The van der Waals surface area contributed by atoms with Gasteiger partial charge in [-0.25, -0.2) is 0 Å². The van der Waals surface area contributed by atoms with Crippen LogP contribution in [0, 0.1) is 5.92 Å². The molecule has 5 nitrogen and oxygen atoms in total. The Kier molecular flexibility index (Phi) is 6.81. The molecule has 0 saturated carbocycles. The van der Waals surface area contributed by atoms with Crippen molar-refractivity contribution in [3.63, 3.8) is 0 Å². The van der Waals surface area contributed by atoms with Gasteiger partial charge < -0.3 is 16.4 Å². The van der Waals surface area contributed by atoms with E-state index in [0.29, 0.717) is 30.1 Å². The summed E-state index contributed by atoms with van der Waals surface area (Å²) in [6, 6.07) is 5.85. The Morgan fingerprint density at radius 1 is 1.47 bits per heavy atom. The van der Waals surface area contributed by atoms with Gasteiger partial charge in [0.15, 0.2) is 11.1 Å². The molecular formula is C13H21N5S. The number of hydrogen-bond acceptors (Lipinski definition) is 3. The van der Waals surface area contributed by atoms with E-state index < -0.39 is 0 Å². The maximum atomic E-state index is 5.70. The van der Waals surface area contributed by atoms with Gasteiger partial charge in [-0.05, 0) is 30.3 Å². The number of guanidine groups is 1. The normalized spacial score (nSPS) is 11.4. The number of nitrogens with zero attached hydrogens (tertiary/aromatic N) is 2. The number of nitrogens with two attached hydrogens (primary N) is 1. The van der Waals surface area contributed by atoms with Crippen LogP contribution in [0.25, 0.3) is 0 Å². The quantitative estimate of drug-likeness (QED) is 0.427. The molecule has 0 spiro atoms. The minimum atomic E-state index is 0.351. The van der Waals surface area contributed by atoms with Gasteiger partial charge in [0, 0.05) is 31.4 Å². The van der Waals surface area contributed by atoms with Crippen molar-refractivity contribution in [1.29, 1.82) is 0 Å². The summed E-state index contributed by atoms with van der Waals surface area (Å²) in [7, 11) is 0. The Morgan fingerprint density at radius 2 is 2.26 bits per heavy atom. The third-order valence-corrected chi connectivity index (χ3v) is 2.51. The third-order valence-electron chi connectivity index (χ3n) is 2.26. The average molecular weight is 279 g/mol. The lowest BCUT2D eigenvalue weighted by molar-refractivity contribution is 0.663. The van der Waals surface area contributed by atoms with Gasteiger partial charge in [0.1, 0.15) is 0 Å². The molecule has 0 unspecified atom stereocenters. The van der Waals surface area contributed by atoms with Gasteiger partial charge in [0.05, 0.1) is 0 Å². The summed E-state index contributed by atoms with van der Waals surface area (Å²) < 4.78 is 0. The van der Waals surface area contributed by atoms with E-state index >= 15 is 0 Å². The van der Waals surface area contributed by atoms with E-state index in [1.54, 1.807) is 6.20 Å². The van der Waals surface area contributed by atoms with Crippen LogP contribution in [-0.4, -0.2) is 29.1 Å². The lowest BCUT2D eigenvalue weighted by Crippen LogP contribution is -2.44. The number of nitrogens with one attached hydrogen (secondary N) is 2. The van der Waals surface area contributed by atoms with E-state index in [-0.39, 0.29) is 0 Å². The maximum absolute atomic E-state index is 5.70. The second kappa shape index (κ2) is 8.42. The summed E-state index contributed by atoms with van der Waals surface area (Å²) >= 11 is 5.12. The van der Waals surface area contributed by atoms with Crippen LogP contribution in [0.5, 0.6) is 0 Å². The molecule has 0 fully saturated rings. The zero-order chi connectivity index (χ0) is 14.1. The summed E-state index contributed by atoms with van der Waals surface area (Å²) in [6.45, 7) is 5.57. The fraction of sp³-hybridized carbons (Fsp3) is 0.462. The van der Waals surface area contributed by atoms with Crippen molar-refractivity contribution in [2.75, 3.05) is 13.1 Å². The fourth-order valence-corrected chi connectivity index (χ4v) is 1.54. The van der Waals surface area contributed by atoms with Crippen LogP contribution in [0.3, 0.4) is 0 Å². The second-order valence-corrected chi connectivity index (χ2v) is 4.98. The van der Waals surface area contributed by atoms with Crippen LogP contribution in [0.1, 0.15) is 19.5 Å². The molecule has 0 bridgehead atoms. The van der Waals surface area contributed by atoms with Crippen molar-refractivity contribution in [3.05, 3.63) is 30.1 Å². The molecule has 1 rings (SSSR count). The minimum absolute atomic E-state index is 0.351. The molecule has 6 heteroatoms. The first-order chi connectivity index (χ1) is 9.08. The predicted octanol–water partition coefficient (Wildman–Crippen LogP) is 1.06. The first-order valence-corrected chi connectivity index (χ1v) is 6.73. The molecule has 19 heavy (non-hydrogen) atoms. The zero-order valence-corrected chi connectivity index (χ0v) is 12.2. The highest BCUT2D eigenvalue weighted by atomic mass is 32.1. The molecule has 0 aliphatic rings. The third kappa shape index (κ3) is 7.35. The largest absolute Gasteiger partial charge is 0.370 e. The van der Waals surface area contributed by atoms with Crippen molar-refractivity contribution >= 4 is 23.3 Å². The number of hydrogen-bond donors (Lipinski definition) is 3. The molecule has 0 atom stereocenters. The molecule has 0 radical (unpaired) electrons. The molecule has 1 aromatic rings. The van der Waals surface area contributed by atoms with Gasteiger partial charge in [0.2, 0.25) is 0 Å². The summed E-state index contributed by atoms with van der Waals surface area (Å²) in [5, 5.41) is 6.41. The van der Waals surface area contributed by atoms with Gasteiger partial charge in [-0.3, -0.25) is 9.98 Å². The highest BCUT2D eigenvalue weighted by Gasteiger charge is 1.99. The van der Waals surface area contributed by atoms with Gasteiger partial charge in [-0.2, -0.15) is 0 Å². The smallest absolute Gasteiger partial charge is 0.194 e. The average Bonchev–Trinajstić information content (AvgIpc) is 2.37. The SMILES string of the molecule is CC(C)CN=C(N)NC(=S)NCCc1ccccn1. The fourth-order valence-electron chi connectivity index (χ4n) is 1.33. The Balaban J connectivity index is 2.23. The monoisotopic (exact) mass is 279 g/mol. The second-order valence-electron chi connectivity index (χ2n) is 4.57. The lowest BCUT2D eigenvalue weighted by Gasteiger charge is -2.10. The standard InChI is InChI=1S/C13H21N5S/c1-10(2)9-17-12(14)18-13(19)16-8-6-11-5-3-4-7-15-11/h3-5,7,10H,6,8-9H2,1-2H3,(H4,14,16,17,18,19). The summed E-state index contributed by atoms with van der Waals surface area (Å²) in [4.78, 5) is 8.41. The lowest BCUT2D eigenvalue weighted by atomic mass is 10.2. The number of pyridine rings is 1. The van der Waals surface area contributed by atoms with E-state index in [0.717, 1.165) is 12.1 Å². The van der Waals surface area contributed by atoms with Crippen LogP contribution in [-0.2, 0) is 6.42 Å². The highest BCUT2D eigenvalue weighted by Crippen LogP contribution is 1.93. The van der Waals surface area contributed by atoms with E-state index in [1.165, 1.54) is 0 Å². The van der Waals surface area contributed by atoms with Crippen molar-refractivity contribution in [1.82, 2.24) is 15.6 Å². The summed E-state index contributed by atoms with van der Waals surface area (Å²) in [5.74, 6) is 0.829. The van der Waals surface area contributed by atoms with Crippen LogP contribution in [0.15, 0.2) is 29.4 Å². The number of rotatable bonds is 5. The van der Waals surface area contributed by atoms with Gasteiger partial charge in [0.25, 0.3) is 0 Å². The predicted molar refractivity (Wildman–Crippen MR) is 83.0 cm³/mol. The molecule has 1 aromatic heterocycles. The molecule has 0 aromatic carbocycles. The van der Waals surface area contributed by atoms with E-state index in [4.69, 9.17) is 18.0 Å². The highest BCUT2D eigenvalue weighted by molar-refractivity contribution is 7.80. The number of aromatic nitrogens is 1. The van der Waals surface area contributed by atoms with Gasteiger partial charge in [-0.1, -0.05) is 19.9 Å². The molecule has 104 valence electrons. The maximum Gasteiger partial charge on any atom is 0.194 e. The van der Waals surface area contributed by atoms with Gasteiger partial charge in [-0.15, -0.1) is 0 Å². The number of aliphatic imine (C=N–C) groups is 1. The Labute approximate surface area is 119 Å². The summed E-state index contributed by atoms with van der Waals surface area (Å²) in [5.41, 5.74) is 6.73. The van der Waals surface area contributed by atoms with Gasteiger partial charge >= 0.3 is 0 Å². The number of thiocarbonyl (C=S) groups is 1. The van der Waals surface area contributed by atoms with Crippen molar-refractivity contribution in [2.45, 2.75) is 20.3 Å². The van der Waals surface area contributed by atoms with E-state index in [2.05, 4.69) is 34.5 Å². The summed E-state index contributed by atoms with van der Waals surface area (Å²) in [6.07, 6.45) is 2.59. The molecule has 0 amide bonds. The van der Waals surface area contributed by atoms with E-state index in [1.807, 2.05) is 18.2 Å². The van der Waals surface area contributed by atoms with Crippen molar-refractivity contribution < 1.29 is 0 Å². The van der Waals surface area contributed by atoms with Crippen LogP contribution in [0.2, 0.25) is 0 Å². The first-order valence-electron chi connectivity index (χ1n) is 6.32. The Bertz CT molecular complexity index is 416. The molecule has 0 aliphatic carbocycles. The van der Waals surface area contributed by atoms with Crippen LogP contribution < -0.4 is 16.4 Å². The van der Waals surface area contributed by atoms with Crippen molar-refractivity contribution in [2.24, 2.45) is 16.6 Å². The zero-order valence-electron chi connectivity index (χ0n) is 11.4. The minimum Gasteiger partial charge on any atom is -0.370 e. The molecule has 0 aliphatic heterocycles. The first kappa shape index (κ1) is 15.4. The molecule has 4 N–H and O–H groups in total. The Morgan fingerprint density at radius 3 is 2.89 bits per heavy atom. The van der Waals surface area contributed by atoms with Crippen LogP contribution in [0.4, 0.5) is 0 Å². The van der Waals surface area contributed by atoms with Crippen molar-refractivity contribution in [3.8, 4) is 0 Å². The molecular weight excluding hydrogens is 258 g/mol. The molecule has 1 heterocycles. The Hall–Kier alpha value is -1.69. The van der Waals surface area contributed by atoms with Crippen LogP contribution >= 0.6 is 12.2 Å².